The Hall–Kier alpha value is -1.05. The smallest absolute Gasteiger partial charge is 0.247 e. The lowest BCUT2D eigenvalue weighted by molar-refractivity contribution is -0.117. The van der Waals surface area contributed by atoms with E-state index in [2.05, 4.69) is 12.2 Å². The van der Waals surface area contributed by atoms with E-state index in [0.717, 1.165) is 25.0 Å². The largest absolute Gasteiger partial charge is 0.352 e. The highest BCUT2D eigenvalue weighted by Gasteiger charge is 2.11. The molecule has 1 aliphatic rings. The first kappa shape index (κ1) is 11.0. The molecule has 78 valence electrons. The summed E-state index contributed by atoms with van der Waals surface area (Å²) in [6.45, 7) is 5.02. The van der Waals surface area contributed by atoms with Gasteiger partial charge in [-0.05, 0) is 19.8 Å². The number of hydrogen-bond donors (Lipinski definition) is 1. The van der Waals surface area contributed by atoms with Crippen molar-refractivity contribution in [2.75, 3.05) is 6.54 Å². The van der Waals surface area contributed by atoms with Gasteiger partial charge in [-0.1, -0.05) is 37.5 Å². The molecule has 0 saturated carbocycles. The molecule has 2 nitrogen and oxygen atoms in total. The first-order chi connectivity index (χ1) is 6.74. The zero-order valence-electron chi connectivity index (χ0n) is 9.10. The highest BCUT2D eigenvalue weighted by atomic mass is 16.1. The van der Waals surface area contributed by atoms with Gasteiger partial charge < -0.3 is 5.32 Å². The van der Waals surface area contributed by atoms with Crippen molar-refractivity contribution in [2.45, 2.75) is 39.5 Å². The normalized spacial score (nSPS) is 15.0. The molecule has 0 aromatic rings. The number of rotatable bonds is 5. The molecule has 0 atom stereocenters. The molecule has 0 spiro atoms. The van der Waals surface area contributed by atoms with E-state index in [1.165, 1.54) is 18.4 Å². The number of amides is 1. The first-order valence-electron chi connectivity index (χ1n) is 5.38. The Bertz CT molecular complexity index is 263. The summed E-state index contributed by atoms with van der Waals surface area (Å²) >= 11 is 0. The Morgan fingerprint density at radius 1 is 1.43 bits per heavy atom. The molecule has 0 aliphatic heterocycles. The molecule has 0 fully saturated rings. The van der Waals surface area contributed by atoms with Crippen LogP contribution in [-0.2, 0) is 4.79 Å². The highest BCUT2D eigenvalue weighted by molar-refractivity contribution is 5.94. The molecule has 1 N–H and O–H groups in total. The molecule has 0 heterocycles. The molecule has 0 bridgehead atoms. The Morgan fingerprint density at radius 2 is 2.21 bits per heavy atom. The SMILES string of the molecule is CCCCCNC(=O)C1=CC=C(C)C1. The summed E-state index contributed by atoms with van der Waals surface area (Å²) in [5, 5.41) is 2.94. The molecule has 0 aromatic heterocycles. The van der Waals surface area contributed by atoms with Crippen molar-refractivity contribution in [1.82, 2.24) is 5.32 Å². The summed E-state index contributed by atoms with van der Waals surface area (Å²) in [6, 6.07) is 0. The van der Waals surface area contributed by atoms with Crippen LogP contribution in [0.15, 0.2) is 23.3 Å². The van der Waals surface area contributed by atoms with Crippen molar-refractivity contribution < 1.29 is 4.79 Å². The molecule has 1 rings (SSSR count). The van der Waals surface area contributed by atoms with E-state index in [0.29, 0.717) is 0 Å². The maximum absolute atomic E-state index is 11.5. The van der Waals surface area contributed by atoms with Crippen LogP contribution in [0, 0.1) is 0 Å². The number of allylic oxidation sites excluding steroid dienone is 3. The second-order valence-corrected chi connectivity index (χ2v) is 3.84. The fourth-order valence-corrected chi connectivity index (χ4v) is 1.51. The molecular formula is C12H19NO. The minimum Gasteiger partial charge on any atom is -0.352 e. The second-order valence-electron chi connectivity index (χ2n) is 3.84. The van der Waals surface area contributed by atoms with Crippen molar-refractivity contribution in [3.8, 4) is 0 Å². The van der Waals surface area contributed by atoms with Crippen LogP contribution in [0.3, 0.4) is 0 Å². The second kappa shape index (κ2) is 5.63. The van der Waals surface area contributed by atoms with Crippen LogP contribution in [0.5, 0.6) is 0 Å². The summed E-state index contributed by atoms with van der Waals surface area (Å²) in [5.41, 5.74) is 2.17. The quantitative estimate of drug-likeness (QED) is 0.668. The molecule has 0 aromatic carbocycles. The third-order valence-corrected chi connectivity index (χ3v) is 2.40. The van der Waals surface area contributed by atoms with Crippen molar-refractivity contribution >= 4 is 5.91 Å². The minimum absolute atomic E-state index is 0.106. The van der Waals surface area contributed by atoms with Crippen molar-refractivity contribution in [1.29, 1.82) is 0 Å². The monoisotopic (exact) mass is 193 g/mol. The van der Waals surface area contributed by atoms with E-state index in [1.54, 1.807) is 0 Å². The van der Waals surface area contributed by atoms with Crippen molar-refractivity contribution in [3.63, 3.8) is 0 Å². The van der Waals surface area contributed by atoms with E-state index < -0.39 is 0 Å². The number of carbonyl (C=O) groups excluding carboxylic acids is 1. The summed E-state index contributed by atoms with van der Waals surface area (Å²) in [4.78, 5) is 11.5. The van der Waals surface area contributed by atoms with Gasteiger partial charge in [0.25, 0.3) is 0 Å². The molecule has 1 aliphatic carbocycles. The van der Waals surface area contributed by atoms with Gasteiger partial charge in [-0.15, -0.1) is 0 Å². The van der Waals surface area contributed by atoms with Gasteiger partial charge in [0.2, 0.25) is 5.91 Å². The lowest BCUT2D eigenvalue weighted by atomic mass is 10.1. The predicted octanol–water partition coefficient (Wildman–Crippen LogP) is 2.57. The van der Waals surface area contributed by atoms with Crippen LogP contribution in [0.1, 0.15) is 39.5 Å². The fraction of sp³-hybridized carbons (Fsp3) is 0.583. The molecule has 0 saturated heterocycles. The zero-order valence-corrected chi connectivity index (χ0v) is 9.10. The number of nitrogens with one attached hydrogen (secondary N) is 1. The predicted molar refractivity (Wildman–Crippen MR) is 59.0 cm³/mol. The van der Waals surface area contributed by atoms with E-state index in [1.807, 2.05) is 19.1 Å². The summed E-state index contributed by atoms with van der Waals surface area (Å²) in [7, 11) is 0. The average molecular weight is 193 g/mol. The summed E-state index contributed by atoms with van der Waals surface area (Å²) in [5.74, 6) is 0.106. The van der Waals surface area contributed by atoms with Crippen molar-refractivity contribution in [2.24, 2.45) is 0 Å². The highest BCUT2D eigenvalue weighted by Crippen LogP contribution is 2.17. The Balaban J connectivity index is 2.17. The van der Waals surface area contributed by atoms with Gasteiger partial charge >= 0.3 is 0 Å². The fourth-order valence-electron chi connectivity index (χ4n) is 1.51. The van der Waals surface area contributed by atoms with Crippen LogP contribution < -0.4 is 5.32 Å². The van der Waals surface area contributed by atoms with E-state index in [4.69, 9.17) is 0 Å². The number of unbranched alkanes of at least 4 members (excludes halogenated alkanes) is 2. The molecule has 0 unspecified atom stereocenters. The summed E-state index contributed by atoms with van der Waals surface area (Å²) in [6.07, 6.45) is 8.23. The summed E-state index contributed by atoms with van der Waals surface area (Å²) < 4.78 is 0. The topological polar surface area (TPSA) is 29.1 Å². The van der Waals surface area contributed by atoms with E-state index >= 15 is 0 Å². The molecular weight excluding hydrogens is 174 g/mol. The Labute approximate surface area is 86.1 Å². The van der Waals surface area contributed by atoms with Gasteiger partial charge in [-0.2, -0.15) is 0 Å². The number of hydrogen-bond acceptors (Lipinski definition) is 1. The molecule has 1 amide bonds. The van der Waals surface area contributed by atoms with Crippen LogP contribution in [0.4, 0.5) is 0 Å². The average Bonchev–Trinajstić information content (AvgIpc) is 2.59. The Morgan fingerprint density at radius 3 is 2.79 bits per heavy atom. The van der Waals surface area contributed by atoms with Gasteiger partial charge in [0.1, 0.15) is 0 Å². The van der Waals surface area contributed by atoms with E-state index in [-0.39, 0.29) is 5.91 Å². The molecule has 0 radical (unpaired) electrons. The van der Waals surface area contributed by atoms with E-state index in [9.17, 15) is 4.79 Å². The first-order valence-corrected chi connectivity index (χ1v) is 5.38. The third kappa shape index (κ3) is 3.36. The standard InChI is InChI=1S/C12H19NO/c1-3-4-5-8-13-12(14)11-7-6-10(2)9-11/h6-7H,3-5,8-9H2,1-2H3,(H,13,14). The van der Waals surface area contributed by atoms with Crippen LogP contribution in [-0.4, -0.2) is 12.5 Å². The lowest BCUT2D eigenvalue weighted by Crippen LogP contribution is -2.25. The molecule has 2 heteroatoms. The van der Waals surface area contributed by atoms with Gasteiger partial charge in [0.05, 0.1) is 0 Å². The van der Waals surface area contributed by atoms with Gasteiger partial charge in [-0.25, -0.2) is 0 Å². The van der Waals surface area contributed by atoms with Gasteiger partial charge in [0.15, 0.2) is 0 Å². The minimum atomic E-state index is 0.106. The maximum atomic E-state index is 11.5. The van der Waals surface area contributed by atoms with Gasteiger partial charge in [0, 0.05) is 12.1 Å². The number of carbonyl (C=O) groups is 1. The maximum Gasteiger partial charge on any atom is 0.247 e. The van der Waals surface area contributed by atoms with Gasteiger partial charge in [-0.3, -0.25) is 4.79 Å². The Kier molecular flexibility index (Phi) is 4.44. The van der Waals surface area contributed by atoms with Crippen molar-refractivity contribution in [3.05, 3.63) is 23.3 Å². The third-order valence-electron chi connectivity index (χ3n) is 2.40. The van der Waals surface area contributed by atoms with Crippen LogP contribution in [0.25, 0.3) is 0 Å². The van der Waals surface area contributed by atoms with Crippen LogP contribution >= 0.6 is 0 Å². The lowest BCUT2D eigenvalue weighted by Gasteiger charge is -2.05. The van der Waals surface area contributed by atoms with Crippen LogP contribution in [0.2, 0.25) is 0 Å². The zero-order chi connectivity index (χ0) is 10.4. The molecule has 14 heavy (non-hydrogen) atoms.